The summed E-state index contributed by atoms with van der Waals surface area (Å²) in [4.78, 5) is 0. The minimum atomic E-state index is 0.262. The predicted molar refractivity (Wildman–Crippen MR) is 47.9 cm³/mol. The second kappa shape index (κ2) is 2.86. The molecule has 0 unspecified atom stereocenters. The van der Waals surface area contributed by atoms with Crippen molar-refractivity contribution in [1.82, 2.24) is 10.4 Å². The Kier molecular flexibility index (Phi) is 2.23. The van der Waals surface area contributed by atoms with Gasteiger partial charge < -0.3 is 5.01 Å². The van der Waals surface area contributed by atoms with Gasteiger partial charge in [0.1, 0.15) is 0 Å². The Bertz CT molecular complexity index is 161. The fourth-order valence-electron chi connectivity index (χ4n) is 1.47. The maximum absolute atomic E-state index is 4.07. The molecule has 0 spiro atoms. The molecule has 0 radical (unpaired) electrons. The summed E-state index contributed by atoms with van der Waals surface area (Å²) < 4.78 is 0. The van der Waals surface area contributed by atoms with E-state index in [4.69, 9.17) is 0 Å². The minimum Gasteiger partial charge on any atom is -0.316 e. The van der Waals surface area contributed by atoms with Crippen molar-refractivity contribution in [2.45, 2.75) is 26.7 Å². The standard InChI is InChI=1S/C9H18N2/c1-8-9(2,3)6-5-7-10-11(8)4/h10H,1,5-7H2,2-4H3. The molecule has 0 aromatic rings. The topological polar surface area (TPSA) is 15.3 Å². The molecule has 1 fully saturated rings. The number of hydrogen-bond donors (Lipinski definition) is 1. The first kappa shape index (κ1) is 8.60. The average molecular weight is 154 g/mol. The van der Waals surface area contributed by atoms with E-state index in [2.05, 4.69) is 25.9 Å². The van der Waals surface area contributed by atoms with E-state index in [1.165, 1.54) is 18.5 Å². The van der Waals surface area contributed by atoms with Gasteiger partial charge in [0.05, 0.1) is 0 Å². The SMILES string of the molecule is C=C1N(C)NCCCC1(C)C. The molecule has 2 heteroatoms. The number of rotatable bonds is 0. The molecule has 1 aliphatic rings. The van der Waals surface area contributed by atoms with Crippen molar-refractivity contribution >= 4 is 0 Å². The van der Waals surface area contributed by atoms with E-state index in [-0.39, 0.29) is 5.41 Å². The van der Waals surface area contributed by atoms with Gasteiger partial charge in [-0.15, -0.1) is 0 Å². The molecular formula is C9H18N2. The van der Waals surface area contributed by atoms with Crippen molar-refractivity contribution in [3.8, 4) is 0 Å². The van der Waals surface area contributed by atoms with Crippen LogP contribution in [0.1, 0.15) is 26.7 Å². The lowest BCUT2D eigenvalue weighted by Crippen LogP contribution is -2.35. The molecule has 2 nitrogen and oxygen atoms in total. The Labute approximate surface area is 69.2 Å². The maximum atomic E-state index is 4.07. The van der Waals surface area contributed by atoms with Crippen LogP contribution >= 0.6 is 0 Å². The van der Waals surface area contributed by atoms with Gasteiger partial charge in [-0.05, 0) is 12.8 Å². The van der Waals surface area contributed by atoms with Crippen LogP contribution in [0.2, 0.25) is 0 Å². The van der Waals surface area contributed by atoms with Crippen LogP contribution in [0.5, 0.6) is 0 Å². The first-order valence-electron chi connectivity index (χ1n) is 4.21. The van der Waals surface area contributed by atoms with E-state index in [0.29, 0.717) is 0 Å². The number of hydrazine groups is 1. The van der Waals surface area contributed by atoms with Crippen LogP contribution in [0.25, 0.3) is 0 Å². The summed E-state index contributed by atoms with van der Waals surface area (Å²) in [5.74, 6) is 0. The highest BCUT2D eigenvalue weighted by molar-refractivity contribution is 5.05. The van der Waals surface area contributed by atoms with E-state index in [1.54, 1.807) is 0 Å². The molecule has 64 valence electrons. The fourth-order valence-corrected chi connectivity index (χ4v) is 1.47. The van der Waals surface area contributed by atoms with Gasteiger partial charge in [0.2, 0.25) is 0 Å². The Hall–Kier alpha value is -0.500. The van der Waals surface area contributed by atoms with Crippen LogP contribution < -0.4 is 5.43 Å². The lowest BCUT2D eigenvalue weighted by atomic mass is 9.85. The first-order chi connectivity index (χ1) is 5.04. The highest BCUT2D eigenvalue weighted by Crippen LogP contribution is 2.32. The van der Waals surface area contributed by atoms with E-state index in [1.807, 2.05) is 12.1 Å². The molecule has 1 aliphatic heterocycles. The van der Waals surface area contributed by atoms with E-state index >= 15 is 0 Å². The zero-order chi connectivity index (χ0) is 8.48. The average Bonchev–Trinajstić information content (AvgIpc) is 2.03. The summed E-state index contributed by atoms with van der Waals surface area (Å²) in [6.45, 7) is 9.64. The summed E-state index contributed by atoms with van der Waals surface area (Å²) in [6.07, 6.45) is 2.46. The minimum absolute atomic E-state index is 0.262. The number of nitrogens with zero attached hydrogens (tertiary/aromatic N) is 1. The van der Waals surface area contributed by atoms with Gasteiger partial charge in [0, 0.05) is 24.7 Å². The molecule has 0 atom stereocenters. The van der Waals surface area contributed by atoms with Crippen molar-refractivity contribution in [3.63, 3.8) is 0 Å². The van der Waals surface area contributed by atoms with Gasteiger partial charge in [0.25, 0.3) is 0 Å². The highest BCUT2D eigenvalue weighted by Gasteiger charge is 2.26. The zero-order valence-corrected chi connectivity index (χ0v) is 7.78. The quantitative estimate of drug-likeness (QED) is 0.572. The molecular weight excluding hydrogens is 136 g/mol. The number of hydrogen-bond acceptors (Lipinski definition) is 2. The molecule has 0 aromatic heterocycles. The first-order valence-corrected chi connectivity index (χ1v) is 4.21. The van der Waals surface area contributed by atoms with Crippen molar-refractivity contribution in [1.29, 1.82) is 0 Å². The monoisotopic (exact) mass is 154 g/mol. The third kappa shape index (κ3) is 1.74. The Morgan fingerprint density at radius 2 is 2.18 bits per heavy atom. The van der Waals surface area contributed by atoms with Gasteiger partial charge in [-0.2, -0.15) is 0 Å². The van der Waals surface area contributed by atoms with Crippen LogP contribution in [-0.2, 0) is 0 Å². The molecule has 0 saturated carbocycles. The summed E-state index contributed by atoms with van der Waals surface area (Å²) in [6, 6.07) is 0. The van der Waals surface area contributed by atoms with E-state index < -0.39 is 0 Å². The van der Waals surface area contributed by atoms with Gasteiger partial charge in [-0.25, -0.2) is 5.43 Å². The van der Waals surface area contributed by atoms with Crippen molar-refractivity contribution in [2.24, 2.45) is 5.41 Å². The normalized spacial score (nSPS) is 25.0. The van der Waals surface area contributed by atoms with Crippen LogP contribution in [0.4, 0.5) is 0 Å². The lowest BCUT2D eigenvalue weighted by Gasteiger charge is -2.30. The zero-order valence-electron chi connectivity index (χ0n) is 7.78. The number of allylic oxidation sites excluding steroid dienone is 1. The van der Waals surface area contributed by atoms with Crippen molar-refractivity contribution < 1.29 is 0 Å². The van der Waals surface area contributed by atoms with Gasteiger partial charge in [-0.3, -0.25) is 0 Å². The Morgan fingerprint density at radius 3 is 2.82 bits per heavy atom. The van der Waals surface area contributed by atoms with Gasteiger partial charge in [0.15, 0.2) is 0 Å². The summed E-state index contributed by atoms with van der Waals surface area (Å²) in [5.41, 5.74) is 4.74. The van der Waals surface area contributed by atoms with Crippen LogP contribution in [-0.4, -0.2) is 18.6 Å². The molecule has 1 N–H and O–H groups in total. The molecule has 0 aliphatic carbocycles. The molecule has 0 bridgehead atoms. The summed E-state index contributed by atoms with van der Waals surface area (Å²) in [7, 11) is 2.04. The second-order valence-corrected chi connectivity index (χ2v) is 3.90. The third-order valence-corrected chi connectivity index (χ3v) is 2.51. The second-order valence-electron chi connectivity index (χ2n) is 3.90. The Morgan fingerprint density at radius 1 is 1.55 bits per heavy atom. The summed E-state index contributed by atoms with van der Waals surface area (Å²) >= 11 is 0. The summed E-state index contributed by atoms with van der Waals surface area (Å²) in [5, 5.41) is 2.05. The molecule has 11 heavy (non-hydrogen) atoms. The molecule has 1 rings (SSSR count). The van der Waals surface area contributed by atoms with E-state index in [9.17, 15) is 0 Å². The maximum Gasteiger partial charge on any atom is 0.0275 e. The van der Waals surface area contributed by atoms with E-state index in [0.717, 1.165) is 6.54 Å². The van der Waals surface area contributed by atoms with Crippen LogP contribution in [0.3, 0.4) is 0 Å². The smallest absolute Gasteiger partial charge is 0.0275 e. The molecule has 1 heterocycles. The van der Waals surface area contributed by atoms with Crippen molar-refractivity contribution in [3.05, 3.63) is 12.3 Å². The third-order valence-electron chi connectivity index (χ3n) is 2.51. The van der Waals surface area contributed by atoms with Gasteiger partial charge >= 0.3 is 0 Å². The Balaban J connectivity index is 2.73. The number of nitrogens with one attached hydrogen (secondary N) is 1. The molecule has 0 aromatic carbocycles. The van der Waals surface area contributed by atoms with Crippen LogP contribution in [0, 0.1) is 5.41 Å². The van der Waals surface area contributed by atoms with Crippen molar-refractivity contribution in [2.75, 3.05) is 13.6 Å². The largest absolute Gasteiger partial charge is 0.316 e. The van der Waals surface area contributed by atoms with Crippen LogP contribution in [0.15, 0.2) is 12.3 Å². The lowest BCUT2D eigenvalue weighted by molar-refractivity contribution is 0.258. The fraction of sp³-hybridized carbons (Fsp3) is 0.778. The van der Waals surface area contributed by atoms with Gasteiger partial charge in [-0.1, -0.05) is 20.4 Å². The molecule has 1 saturated heterocycles. The molecule has 0 amide bonds. The highest BCUT2D eigenvalue weighted by atomic mass is 15.5. The predicted octanol–water partition coefficient (Wildman–Crippen LogP) is 1.76.